The number of carbonyl (C=O) groups is 1. The maximum absolute atomic E-state index is 12.0. The van der Waals surface area contributed by atoms with Crippen molar-refractivity contribution in [2.24, 2.45) is 12.1 Å². The summed E-state index contributed by atoms with van der Waals surface area (Å²) in [6.07, 6.45) is 0. The highest BCUT2D eigenvalue weighted by Crippen LogP contribution is 2.14. The highest BCUT2D eigenvalue weighted by Gasteiger charge is 2.05. The third kappa shape index (κ3) is 2.35. The second kappa shape index (κ2) is 5.30. The maximum Gasteiger partial charge on any atom is 0.271 e. The molecule has 0 saturated carbocycles. The van der Waals surface area contributed by atoms with Gasteiger partial charge in [0.1, 0.15) is 0 Å². The molecule has 2 aromatic carbocycles. The number of aromatic nitrogens is 1. The van der Waals surface area contributed by atoms with Crippen LogP contribution < -0.4 is 10.9 Å². The molecule has 0 radical (unpaired) electrons. The zero-order valence-corrected chi connectivity index (χ0v) is 11.7. The van der Waals surface area contributed by atoms with Crippen molar-refractivity contribution in [3.8, 4) is 0 Å². The fraction of sp³-hybridized carbons (Fsp3) is 0.0667. The molecule has 0 atom stereocenters. The lowest BCUT2D eigenvalue weighted by molar-refractivity contribution is 0.0953. The molecule has 20 heavy (non-hydrogen) atoms. The van der Waals surface area contributed by atoms with E-state index in [0.29, 0.717) is 5.56 Å². The van der Waals surface area contributed by atoms with Crippen LogP contribution in [0.5, 0.6) is 0 Å². The van der Waals surface area contributed by atoms with Crippen molar-refractivity contribution in [1.29, 1.82) is 0 Å². The number of carbonyl (C=O) groups excluding carboxylic acids is 1. The summed E-state index contributed by atoms with van der Waals surface area (Å²) in [5.74, 6) is -0.208. The highest BCUT2D eigenvalue weighted by atomic mass is 32.1. The van der Waals surface area contributed by atoms with E-state index >= 15 is 0 Å². The molecule has 5 heteroatoms. The minimum absolute atomic E-state index is 0.208. The topological polar surface area (TPSA) is 46.4 Å². The molecular formula is C15H13N3OS. The largest absolute Gasteiger partial charge is 0.283 e. The zero-order valence-electron chi connectivity index (χ0n) is 10.9. The standard InChI is InChI=1S/C15H13N3OS/c1-18-14(12-9-5-6-10-13(12)20-18)16-17-15(19)11-7-3-2-4-8-11/h2-10H,1H3,(H,17,19). The molecule has 1 N–H and O–H groups in total. The number of hydrogen-bond donors (Lipinski definition) is 1. The summed E-state index contributed by atoms with van der Waals surface area (Å²) in [4.78, 5) is 12.0. The van der Waals surface area contributed by atoms with Crippen molar-refractivity contribution in [2.75, 3.05) is 0 Å². The Kier molecular flexibility index (Phi) is 3.35. The number of hydrogen-bond acceptors (Lipinski definition) is 3. The summed E-state index contributed by atoms with van der Waals surface area (Å²) in [5, 5.41) is 5.28. The van der Waals surface area contributed by atoms with Gasteiger partial charge in [0.15, 0.2) is 5.49 Å². The Morgan fingerprint density at radius 3 is 2.60 bits per heavy atom. The van der Waals surface area contributed by atoms with Gasteiger partial charge < -0.3 is 0 Å². The van der Waals surface area contributed by atoms with Crippen molar-refractivity contribution in [2.45, 2.75) is 0 Å². The third-order valence-corrected chi connectivity index (χ3v) is 3.96. The number of amides is 1. The first-order valence-corrected chi connectivity index (χ1v) is 6.97. The van der Waals surface area contributed by atoms with Gasteiger partial charge in [0, 0.05) is 18.0 Å². The van der Waals surface area contributed by atoms with Crippen LogP contribution in [0, 0.1) is 0 Å². The Morgan fingerprint density at radius 1 is 1.10 bits per heavy atom. The molecule has 100 valence electrons. The quantitative estimate of drug-likeness (QED) is 0.722. The lowest BCUT2D eigenvalue weighted by Gasteiger charge is -1.98. The minimum Gasteiger partial charge on any atom is -0.283 e. The number of nitrogens with zero attached hydrogens (tertiary/aromatic N) is 2. The summed E-state index contributed by atoms with van der Waals surface area (Å²) in [5.41, 5.74) is 3.96. The van der Waals surface area contributed by atoms with Crippen LogP contribution in [0.15, 0.2) is 59.7 Å². The molecule has 0 aliphatic heterocycles. The number of nitrogens with one attached hydrogen (secondary N) is 1. The molecule has 0 unspecified atom stereocenters. The summed E-state index contributed by atoms with van der Waals surface area (Å²) >= 11 is 1.60. The highest BCUT2D eigenvalue weighted by molar-refractivity contribution is 7.13. The van der Waals surface area contributed by atoms with Crippen LogP contribution in [0.4, 0.5) is 0 Å². The van der Waals surface area contributed by atoms with E-state index in [0.717, 1.165) is 15.6 Å². The molecular weight excluding hydrogens is 270 g/mol. The molecule has 3 aromatic rings. The van der Waals surface area contributed by atoms with Crippen LogP contribution >= 0.6 is 11.5 Å². The third-order valence-electron chi connectivity index (χ3n) is 2.96. The SMILES string of the molecule is Cn1sc2ccccc2c1=NNC(=O)c1ccccc1. The van der Waals surface area contributed by atoms with Gasteiger partial charge in [-0.1, -0.05) is 41.9 Å². The summed E-state index contributed by atoms with van der Waals surface area (Å²) < 4.78 is 3.08. The molecule has 0 bridgehead atoms. The van der Waals surface area contributed by atoms with E-state index in [-0.39, 0.29) is 5.91 Å². The van der Waals surface area contributed by atoms with Gasteiger partial charge in [-0.05, 0) is 24.3 Å². The Labute approximate surface area is 120 Å². The predicted octanol–water partition coefficient (Wildman–Crippen LogP) is 2.49. The lowest BCUT2D eigenvalue weighted by Crippen LogP contribution is -2.23. The molecule has 0 fully saturated rings. The van der Waals surface area contributed by atoms with Crippen LogP contribution in [-0.2, 0) is 7.05 Å². The van der Waals surface area contributed by atoms with Crippen molar-refractivity contribution in [3.63, 3.8) is 0 Å². The van der Waals surface area contributed by atoms with Gasteiger partial charge in [-0.15, -0.1) is 0 Å². The van der Waals surface area contributed by atoms with Gasteiger partial charge in [-0.3, -0.25) is 8.75 Å². The zero-order chi connectivity index (χ0) is 13.9. The number of aryl methyl sites for hydroxylation is 1. The molecule has 0 aliphatic carbocycles. The number of fused-ring (bicyclic) bond motifs is 1. The van der Waals surface area contributed by atoms with Crippen LogP contribution in [0.1, 0.15) is 10.4 Å². The Morgan fingerprint density at radius 2 is 1.80 bits per heavy atom. The van der Waals surface area contributed by atoms with Gasteiger partial charge in [-0.2, -0.15) is 5.10 Å². The smallest absolute Gasteiger partial charge is 0.271 e. The number of rotatable bonds is 2. The van der Waals surface area contributed by atoms with E-state index in [1.54, 1.807) is 23.7 Å². The van der Waals surface area contributed by atoms with Crippen molar-refractivity contribution >= 4 is 27.5 Å². The Bertz CT molecular complexity index is 818. The second-order valence-corrected chi connectivity index (χ2v) is 5.50. The molecule has 0 saturated heterocycles. The molecule has 4 nitrogen and oxygen atoms in total. The second-order valence-electron chi connectivity index (χ2n) is 4.33. The first-order chi connectivity index (χ1) is 9.75. The van der Waals surface area contributed by atoms with Crippen LogP contribution in [-0.4, -0.2) is 9.86 Å². The summed E-state index contributed by atoms with van der Waals surface area (Å²) in [6, 6.07) is 17.0. The average Bonchev–Trinajstić information content (AvgIpc) is 2.81. The Hall–Kier alpha value is -2.40. The minimum atomic E-state index is -0.208. The molecule has 1 aromatic heterocycles. The van der Waals surface area contributed by atoms with Crippen molar-refractivity contribution in [1.82, 2.24) is 9.38 Å². The van der Waals surface area contributed by atoms with Crippen LogP contribution in [0.3, 0.4) is 0 Å². The average molecular weight is 283 g/mol. The van der Waals surface area contributed by atoms with Crippen LogP contribution in [0.2, 0.25) is 0 Å². The van der Waals surface area contributed by atoms with E-state index in [4.69, 9.17) is 0 Å². The van der Waals surface area contributed by atoms with Gasteiger partial charge in [0.05, 0.1) is 4.70 Å². The summed E-state index contributed by atoms with van der Waals surface area (Å²) in [7, 11) is 1.93. The molecule has 0 aliphatic rings. The molecule has 1 heterocycles. The van der Waals surface area contributed by atoms with Crippen molar-refractivity contribution in [3.05, 3.63) is 65.6 Å². The van der Waals surface area contributed by atoms with Gasteiger partial charge in [0.2, 0.25) is 0 Å². The van der Waals surface area contributed by atoms with E-state index in [1.807, 2.05) is 53.5 Å². The monoisotopic (exact) mass is 283 g/mol. The first-order valence-electron chi connectivity index (χ1n) is 6.20. The van der Waals surface area contributed by atoms with Crippen molar-refractivity contribution < 1.29 is 4.79 Å². The normalized spacial score (nSPS) is 11.8. The molecule has 1 amide bonds. The molecule has 3 rings (SSSR count). The first kappa shape index (κ1) is 12.6. The fourth-order valence-corrected chi connectivity index (χ4v) is 2.90. The van der Waals surface area contributed by atoms with Crippen LogP contribution in [0.25, 0.3) is 10.1 Å². The molecule has 0 spiro atoms. The van der Waals surface area contributed by atoms with Gasteiger partial charge >= 0.3 is 0 Å². The van der Waals surface area contributed by atoms with E-state index in [2.05, 4.69) is 10.5 Å². The van der Waals surface area contributed by atoms with E-state index < -0.39 is 0 Å². The lowest BCUT2D eigenvalue weighted by atomic mass is 10.2. The van der Waals surface area contributed by atoms with Gasteiger partial charge in [0.25, 0.3) is 5.91 Å². The van der Waals surface area contributed by atoms with E-state index in [9.17, 15) is 4.79 Å². The summed E-state index contributed by atoms with van der Waals surface area (Å²) in [6.45, 7) is 0. The Balaban J connectivity index is 1.96. The fourth-order valence-electron chi connectivity index (χ4n) is 1.98. The predicted molar refractivity (Wildman–Crippen MR) is 80.3 cm³/mol. The number of benzene rings is 2. The van der Waals surface area contributed by atoms with Gasteiger partial charge in [-0.25, -0.2) is 5.43 Å². The van der Waals surface area contributed by atoms with E-state index in [1.165, 1.54) is 0 Å². The maximum atomic E-state index is 12.0.